The number of thioether (sulfide) groups is 1. The molecule has 33 heavy (non-hydrogen) atoms. The van der Waals surface area contributed by atoms with Crippen molar-refractivity contribution in [2.75, 3.05) is 25.2 Å². The topological polar surface area (TPSA) is 95.9 Å². The van der Waals surface area contributed by atoms with E-state index in [0.717, 1.165) is 9.77 Å². The highest BCUT2D eigenvalue weighted by Gasteiger charge is 2.31. The lowest BCUT2D eigenvalue weighted by atomic mass is 10.0. The molecule has 9 heteroatoms. The Hall–Kier alpha value is -3.30. The van der Waals surface area contributed by atoms with Gasteiger partial charge in [0, 0.05) is 21.9 Å². The Morgan fingerprint density at radius 2 is 1.94 bits per heavy atom. The summed E-state index contributed by atoms with van der Waals surface area (Å²) in [6.07, 6.45) is 2.34. The molecular weight excluding hydrogens is 460 g/mol. The minimum Gasteiger partial charge on any atom is -0.497 e. The zero-order chi connectivity index (χ0) is 23.5. The van der Waals surface area contributed by atoms with E-state index in [4.69, 9.17) is 4.74 Å². The van der Waals surface area contributed by atoms with E-state index in [1.807, 2.05) is 24.5 Å². The average molecular weight is 483 g/mol. The van der Waals surface area contributed by atoms with Gasteiger partial charge in [0.15, 0.2) is 0 Å². The highest BCUT2D eigenvalue weighted by atomic mass is 32.2. The molecule has 170 valence electrons. The predicted octanol–water partition coefficient (Wildman–Crippen LogP) is 4.63. The van der Waals surface area contributed by atoms with Gasteiger partial charge in [-0.2, -0.15) is 0 Å². The van der Waals surface area contributed by atoms with E-state index >= 15 is 0 Å². The highest BCUT2D eigenvalue weighted by Crippen LogP contribution is 2.38. The summed E-state index contributed by atoms with van der Waals surface area (Å²) in [6, 6.07) is 14.1. The third-order valence-electron chi connectivity index (χ3n) is 5.45. The van der Waals surface area contributed by atoms with Gasteiger partial charge in [-0.3, -0.25) is 9.59 Å². The summed E-state index contributed by atoms with van der Waals surface area (Å²) >= 11 is 2.72. The normalized spacial score (nSPS) is 12.7. The van der Waals surface area contributed by atoms with Crippen LogP contribution in [0, 0.1) is 0 Å². The first kappa shape index (κ1) is 22.9. The van der Waals surface area contributed by atoms with Crippen LogP contribution in [0.5, 0.6) is 5.75 Å². The zero-order valence-corrected chi connectivity index (χ0v) is 19.7. The van der Waals surface area contributed by atoms with Gasteiger partial charge in [-0.05, 0) is 48.6 Å². The number of nitrogens with one attached hydrogen (secondary N) is 1. The van der Waals surface area contributed by atoms with Crippen LogP contribution in [0.25, 0.3) is 0 Å². The van der Waals surface area contributed by atoms with Crippen molar-refractivity contribution < 1.29 is 24.2 Å². The molecule has 1 aliphatic rings. The summed E-state index contributed by atoms with van der Waals surface area (Å²) in [4.78, 5) is 41.4. The fourth-order valence-electron chi connectivity index (χ4n) is 3.82. The number of thiophene rings is 1. The molecule has 3 aromatic rings. The molecule has 1 aliphatic heterocycles. The third kappa shape index (κ3) is 4.60. The largest absolute Gasteiger partial charge is 0.497 e. The maximum Gasteiger partial charge on any atom is 0.339 e. The lowest BCUT2D eigenvalue weighted by molar-refractivity contribution is 0.0696. The summed E-state index contributed by atoms with van der Waals surface area (Å²) in [7, 11) is 1.51. The average Bonchev–Trinajstić information content (AvgIpc) is 3.20. The van der Waals surface area contributed by atoms with E-state index in [1.165, 1.54) is 30.2 Å². The zero-order valence-electron chi connectivity index (χ0n) is 18.1. The van der Waals surface area contributed by atoms with Crippen molar-refractivity contribution in [1.82, 2.24) is 4.90 Å². The molecule has 0 bridgehead atoms. The maximum atomic E-state index is 13.2. The van der Waals surface area contributed by atoms with Crippen LogP contribution in [-0.4, -0.2) is 47.7 Å². The third-order valence-corrected chi connectivity index (χ3v) is 7.38. The molecule has 0 spiro atoms. The summed E-state index contributed by atoms with van der Waals surface area (Å²) in [5.74, 6) is -1.07. The molecule has 0 fully saturated rings. The number of carbonyl (C=O) groups is 3. The minimum absolute atomic E-state index is 0.0853. The number of amides is 2. The number of fused-ring (bicyclic) bond motifs is 1. The fraction of sp³-hybridized carbons (Fsp3) is 0.208. The minimum atomic E-state index is -1.10. The molecular formula is C24H22N2O5S2. The van der Waals surface area contributed by atoms with E-state index in [1.54, 1.807) is 35.2 Å². The first-order valence-electron chi connectivity index (χ1n) is 10.2. The molecule has 7 nitrogen and oxygen atoms in total. The number of rotatable bonds is 6. The van der Waals surface area contributed by atoms with Gasteiger partial charge in [0.05, 0.1) is 24.8 Å². The van der Waals surface area contributed by atoms with Crippen LogP contribution >= 0.6 is 23.1 Å². The van der Waals surface area contributed by atoms with Crippen molar-refractivity contribution in [3.05, 3.63) is 75.7 Å². The van der Waals surface area contributed by atoms with Gasteiger partial charge in [0.2, 0.25) is 0 Å². The summed E-state index contributed by atoms with van der Waals surface area (Å²) in [5, 5.41) is 12.9. The standard InChI is InChI=1S/C24H22N2O5S2/c1-31-15-7-5-6-14(12-15)21(27)25-22-20(24(29)30)16-10-11-26(13-19(16)33-22)23(28)17-8-3-4-9-18(17)32-2/h3-9,12H,10-11,13H2,1-2H3,(H,25,27)(H,29,30). The van der Waals surface area contributed by atoms with E-state index in [0.29, 0.717) is 42.0 Å². The molecule has 2 amide bonds. The van der Waals surface area contributed by atoms with E-state index in [2.05, 4.69) is 5.32 Å². The molecule has 0 aliphatic carbocycles. The van der Waals surface area contributed by atoms with Crippen molar-refractivity contribution in [2.24, 2.45) is 0 Å². The van der Waals surface area contributed by atoms with E-state index in [9.17, 15) is 19.5 Å². The smallest absolute Gasteiger partial charge is 0.339 e. The molecule has 4 rings (SSSR count). The van der Waals surface area contributed by atoms with Gasteiger partial charge in [0.1, 0.15) is 10.8 Å². The number of benzene rings is 2. The van der Waals surface area contributed by atoms with Crippen LogP contribution in [0.15, 0.2) is 53.4 Å². The van der Waals surface area contributed by atoms with E-state index < -0.39 is 11.9 Å². The lowest BCUT2D eigenvalue weighted by Crippen LogP contribution is -2.36. The number of hydrogen-bond donors (Lipinski definition) is 2. The van der Waals surface area contributed by atoms with Crippen molar-refractivity contribution in [2.45, 2.75) is 17.9 Å². The Bertz CT molecular complexity index is 1240. The second kappa shape index (κ2) is 9.68. The number of carbonyl (C=O) groups excluding carboxylic acids is 2. The number of carboxylic acid groups (broad SMARTS) is 1. The Morgan fingerprint density at radius 3 is 2.67 bits per heavy atom. The number of anilines is 1. The summed E-state index contributed by atoms with van der Waals surface area (Å²) < 4.78 is 5.16. The first-order valence-corrected chi connectivity index (χ1v) is 12.2. The maximum absolute atomic E-state index is 13.2. The monoisotopic (exact) mass is 482 g/mol. The summed E-state index contributed by atoms with van der Waals surface area (Å²) in [6.45, 7) is 0.714. The number of nitrogens with zero attached hydrogens (tertiary/aromatic N) is 1. The molecule has 1 aromatic heterocycles. The second-order valence-corrected chi connectivity index (χ2v) is 9.33. The van der Waals surface area contributed by atoms with Crippen LogP contribution in [0.3, 0.4) is 0 Å². The van der Waals surface area contributed by atoms with Crippen LogP contribution in [0.2, 0.25) is 0 Å². The van der Waals surface area contributed by atoms with Gasteiger partial charge in [-0.1, -0.05) is 18.2 Å². The number of ether oxygens (including phenoxy) is 1. The van der Waals surface area contributed by atoms with Gasteiger partial charge in [-0.15, -0.1) is 23.1 Å². The van der Waals surface area contributed by atoms with Crippen LogP contribution < -0.4 is 10.1 Å². The molecule has 2 N–H and O–H groups in total. The Kier molecular flexibility index (Phi) is 6.71. The summed E-state index contributed by atoms with van der Waals surface area (Å²) in [5.41, 5.74) is 1.77. The number of methoxy groups -OCH3 is 1. The van der Waals surface area contributed by atoms with Crippen LogP contribution in [0.1, 0.15) is 41.5 Å². The number of carboxylic acids is 1. The molecule has 2 aromatic carbocycles. The molecule has 0 unspecified atom stereocenters. The molecule has 0 saturated heterocycles. The van der Waals surface area contributed by atoms with Gasteiger partial charge >= 0.3 is 5.97 Å². The Morgan fingerprint density at radius 1 is 1.15 bits per heavy atom. The fourth-order valence-corrected chi connectivity index (χ4v) is 5.66. The van der Waals surface area contributed by atoms with Gasteiger partial charge in [-0.25, -0.2) is 4.79 Å². The number of aromatic carboxylic acids is 1. The molecule has 2 heterocycles. The van der Waals surface area contributed by atoms with Crippen molar-refractivity contribution in [3.63, 3.8) is 0 Å². The van der Waals surface area contributed by atoms with Gasteiger partial charge < -0.3 is 20.1 Å². The van der Waals surface area contributed by atoms with Crippen LogP contribution in [0.4, 0.5) is 5.00 Å². The van der Waals surface area contributed by atoms with Crippen molar-refractivity contribution in [1.29, 1.82) is 0 Å². The predicted molar refractivity (Wildman–Crippen MR) is 129 cm³/mol. The SMILES string of the molecule is COc1cccc(C(=O)Nc2sc3c(c2C(=O)O)CCN(C(=O)c2ccccc2SC)C3)c1. The first-order chi connectivity index (χ1) is 15.9. The molecule has 0 atom stereocenters. The van der Waals surface area contributed by atoms with Crippen molar-refractivity contribution in [3.8, 4) is 5.75 Å². The number of hydrogen-bond acceptors (Lipinski definition) is 6. The van der Waals surface area contributed by atoms with Crippen molar-refractivity contribution >= 4 is 45.9 Å². The quantitative estimate of drug-likeness (QED) is 0.498. The lowest BCUT2D eigenvalue weighted by Gasteiger charge is -2.27. The highest BCUT2D eigenvalue weighted by molar-refractivity contribution is 7.98. The van der Waals surface area contributed by atoms with E-state index in [-0.39, 0.29) is 16.5 Å². The molecule has 0 radical (unpaired) electrons. The second-order valence-electron chi connectivity index (χ2n) is 7.38. The van der Waals surface area contributed by atoms with Gasteiger partial charge in [0.25, 0.3) is 11.8 Å². The Labute approximate surface area is 199 Å². The molecule has 0 saturated carbocycles. The van der Waals surface area contributed by atoms with Crippen LogP contribution in [-0.2, 0) is 13.0 Å². The Balaban J connectivity index is 1.60.